The number of aldehydes is 1. The highest BCUT2D eigenvalue weighted by Gasteiger charge is 2.13. The lowest BCUT2D eigenvalue weighted by atomic mass is 10.1. The molecule has 18 heavy (non-hydrogen) atoms. The maximum absolute atomic E-state index is 11.3. The number of rotatable bonds is 2. The number of aryl methyl sites for hydroxylation is 1. The summed E-state index contributed by atoms with van der Waals surface area (Å²) in [4.78, 5) is 15.9. The molecular formula is C15H12N2O. The molecule has 3 rings (SSSR count). The van der Waals surface area contributed by atoms with Crippen molar-refractivity contribution >= 4 is 11.9 Å². The van der Waals surface area contributed by atoms with Gasteiger partial charge in [-0.25, -0.2) is 4.98 Å². The third kappa shape index (κ3) is 1.52. The van der Waals surface area contributed by atoms with Crippen LogP contribution in [0.25, 0.3) is 16.9 Å². The van der Waals surface area contributed by atoms with Gasteiger partial charge in [-0.3, -0.25) is 9.20 Å². The zero-order chi connectivity index (χ0) is 12.5. The number of fused-ring (bicyclic) bond motifs is 1. The highest BCUT2D eigenvalue weighted by Crippen LogP contribution is 2.24. The van der Waals surface area contributed by atoms with Gasteiger partial charge in [-0.15, -0.1) is 0 Å². The monoisotopic (exact) mass is 236 g/mol. The number of benzene rings is 1. The fourth-order valence-corrected chi connectivity index (χ4v) is 2.14. The Labute approximate surface area is 105 Å². The number of carbonyl (C=O) groups is 1. The Morgan fingerprint density at radius 2 is 1.89 bits per heavy atom. The van der Waals surface area contributed by atoms with Gasteiger partial charge in [0, 0.05) is 11.8 Å². The number of hydrogen-bond donors (Lipinski definition) is 0. The van der Waals surface area contributed by atoms with Crippen LogP contribution in [0.3, 0.4) is 0 Å². The molecule has 88 valence electrons. The molecule has 0 aliphatic rings. The van der Waals surface area contributed by atoms with Crippen molar-refractivity contribution < 1.29 is 4.79 Å². The second kappa shape index (κ2) is 4.11. The molecule has 0 unspecified atom stereocenters. The summed E-state index contributed by atoms with van der Waals surface area (Å²) in [5.41, 5.74) is 4.18. The van der Waals surface area contributed by atoms with Crippen LogP contribution in [0.15, 0.2) is 48.7 Å². The fraction of sp³-hybridized carbons (Fsp3) is 0.0667. The summed E-state index contributed by atoms with van der Waals surface area (Å²) in [6.07, 6.45) is 2.73. The molecule has 3 nitrogen and oxygen atoms in total. The van der Waals surface area contributed by atoms with Crippen LogP contribution in [0.2, 0.25) is 0 Å². The number of aromatic nitrogens is 2. The smallest absolute Gasteiger partial charge is 0.169 e. The van der Waals surface area contributed by atoms with E-state index in [1.807, 2.05) is 60.0 Å². The Hall–Kier alpha value is -2.42. The molecule has 3 aromatic rings. The third-order valence-corrected chi connectivity index (χ3v) is 3.04. The van der Waals surface area contributed by atoms with E-state index < -0.39 is 0 Å². The minimum Gasteiger partial charge on any atom is -0.297 e. The van der Waals surface area contributed by atoms with Crippen LogP contribution in [0.5, 0.6) is 0 Å². The Kier molecular flexibility index (Phi) is 2.45. The molecule has 0 fully saturated rings. The van der Waals surface area contributed by atoms with E-state index in [2.05, 4.69) is 4.98 Å². The van der Waals surface area contributed by atoms with E-state index in [0.717, 1.165) is 28.8 Å². The van der Waals surface area contributed by atoms with E-state index >= 15 is 0 Å². The summed E-state index contributed by atoms with van der Waals surface area (Å²) in [7, 11) is 0. The predicted octanol–water partition coefficient (Wildman–Crippen LogP) is 3.12. The van der Waals surface area contributed by atoms with Crippen molar-refractivity contribution in [2.45, 2.75) is 6.92 Å². The van der Waals surface area contributed by atoms with Crippen molar-refractivity contribution in [3.8, 4) is 11.3 Å². The van der Waals surface area contributed by atoms with E-state index in [9.17, 15) is 4.79 Å². The van der Waals surface area contributed by atoms with Crippen LogP contribution < -0.4 is 0 Å². The van der Waals surface area contributed by atoms with Crippen LogP contribution in [0.1, 0.15) is 16.1 Å². The first-order chi connectivity index (χ1) is 8.81. The number of pyridine rings is 1. The maximum atomic E-state index is 11.3. The summed E-state index contributed by atoms with van der Waals surface area (Å²) in [6, 6.07) is 13.7. The molecule has 0 saturated heterocycles. The third-order valence-electron chi connectivity index (χ3n) is 3.04. The molecule has 0 amide bonds. The van der Waals surface area contributed by atoms with E-state index in [-0.39, 0.29) is 0 Å². The average Bonchev–Trinajstić information content (AvgIpc) is 2.80. The molecule has 2 aromatic heterocycles. The summed E-state index contributed by atoms with van der Waals surface area (Å²) >= 11 is 0. The van der Waals surface area contributed by atoms with Crippen molar-refractivity contribution in [2.75, 3.05) is 0 Å². The molecule has 0 radical (unpaired) electrons. The van der Waals surface area contributed by atoms with E-state index in [4.69, 9.17) is 0 Å². The molecule has 0 N–H and O–H groups in total. The largest absolute Gasteiger partial charge is 0.297 e. The molecule has 1 aromatic carbocycles. The van der Waals surface area contributed by atoms with E-state index in [1.54, 1.807) is 0 Å². The van der Waals surface area contributed by atoms with Gasteiger partial charge in [0.25, 0.3) is 0 Å². The molecule has 2 heterocycles. The number of hydrogen-bond acceptors (Lipinski definition) is 2. The van der Waals surface area contributed by atoms with E-state index in [0.29, 0.717) is 5.69 Å². The molecular weight excluding hydrogens is 224 g/mol. The quantitative estimate of drug-likeness (QED) is 0.641. The predicted molar refractivity (Wildman–Crippen MR) is 70.8 cm³/mol. The molecule has 0 saturated carbocycles. The van der Waals surface area contributed by atoms with E-state index in [1.165, 1.54) is 0 Å². The highest BCUT2D eigenvalue weighted by molar-refractivity contribution is 5.86. The second-order valence-corrected chi connectivity index (χ2v) is 4.21. The Morgan fingerprint density at radius 1 is 1.11 bits per heavy atom. The normalized spacial score (nSPS) is 10.7. The molecule has 0 spiro atoms. The SMILES string of the molecule is Cc1cccn2c(C=O)c(-c3ccccc3)nc12. The Bertz CT molecular complexity index is 714. The van der Waals surface area contributed by atoms with Gasteiger partial charge in [-0.1, -0.05) is 36.4 Å². The molecule has 0 bridgehead atoms. The number of nitrogens with zero attached hydrogens (tertiary/aromatic N) is 2. The lowest BCUT2D eigenvalue weighted by molar-refractivity contribution is 0.111. The minimum atomic E-state index is 0.597. The van der Waals surface area contributed by atoms with Gasteiger partial charge in [-0.05, 0) is 18.6 Å². The van der Waals surface area contributed by atoms with Crippen LogP contribution >= 0.6 is 0 Å². The number of carbonyl (C=O) groups excluding carboxylic acids is 1. The molecule has 0 aliphatic heterocycles. The van der Waals surface area contributed by atoms with Crippen LogP contribution in [-0.4, -0.2) is 15.7 Å². The zero-order valence-electron chi connectivity index (χ0n) is 10.00. The standard InChI is InChI=1S/C15H12N2O/c1-11-6-5-9-17-13(10-18)14(16-15(11)17)12-7-3-2-4-8-12/h2-10H,1H3. The lowest BCUT2D eigenvalue weighted by Crippen LogP contribution is -1.92. The first-order valence-corrected chi connectivity index (χ1v) is 5.79. The van der Waals surface area contributed by atoms with Crippen LogP contribution in [0, 0.1) is 6.92 Å². The minimum absolute atomic E-state index is 0.597. The van der Waals surface area contributed by atoms with Crippen molar-refractivity contribution in [1.29, 1.82) is 0 Å². The van der Waals surface area contributed by atoms with Crippen molar-refractivity contribution in [3.05, 3.63) is 59.9 Å². The second-order valence-electron chi connectivity index (χ2n) is 4.21. The highest BCUT2D eigenvalue weighted by atomic mass is 16.1. The first-order valence-electron chi connectivity index (χ1n) is 5.79. The van der Waals surface area contributed by atoms with Crippen LogP contribution in [-0.2, 0) is 0 Å². The summed E-state index contributed by atoms with van der Waals surface area (Å²) in [5.74, 6) is 0. The Morgan fingerprint density at radius 3 is 2.61 bits per heavy atom. The van der Waals surface area contributed by atoms with Gasteiger partial charge in [0.1, 0.15) is 17.0 Å². The van der Waals surface area contributed by atoms with Gasteiger partial charge < -0.3 is 0 Å². The molecule has 0 aliphatic carbocycles. The lowest BCUT2D eigenvalue weighted by Gasteiger charge is -1.98. The van der Waals surface area contributed by atoms with Crippen molar-refractivity contribution in [2.24, 2.45) is 0 Å². The zero-order valence-corrected chi connectivity index (χ0v) is 10.00. The van der Waals surface area contributed by atoms with Gasteiger partial charge in [0.15, 0.2) is 6.29 Å². The summed E-state index contributed by atoms with van der Waals surface area (Å²) in [6.45, 7) is 1.99. The van der Waals surface area contributed by atoms with Crippen molar-refractivity contribution in [1.82, 2.24) is 9.38 Å². The molecule has 0 atom stereocenters. The van der Waals surface area contributed by atoms with Gasteiger partial charge >= 0.3 is 0 Å². The Balaban J connectivity index is 2.37. The maximum Gasteiger partial charge on any atom is 0.169 e. The fourth-order valence-electron chi connectivity index (χ4n) is 2.14. The number of imidazole rings is 1. The van der Waals surface area contributed by atoms with Gasteiger partial charge in [0.05, 0.1) is 0 Å². The first kappa shape index (κ1) is 10.7. The topological polar surface area (TPSA) is 34.4 Å². The summed E-state index contributed by atoms with van der Waals surface area (Å²) < 4.78 is 1.84. The average molecular weight is 236 g/mol. The molecule has 3 heteroatoms. The van der Waals surface area contributed by atoms with Crippen molar-refractivity contribution in [3.63, 3.8) is 0 Å². The van der Waals surface area contributed by atoms with Crippen LogP contribution in [0.4, 0.5) is 0 Å². The summed E-state index contributed by atoms with van der Waals surface area (Å²) in [5, 5.41) is 0. The van der Waals surface area contributed by atoms with Gasteiger partial charge in [0.2, 0.25) is 0 Å². The van der Waals surface area contributed by atoms with Gasteiger partial charge in [-0.2, -0.15) is 0 Å².